The highest BCUT2D eigenvalue weighted by atomic mass is 16.5. The van der Waals surface area contributed by atoms with Gasteiger partial charge in [-0.05, 0) is 77.4 Å². The molecule has 0 aromatic carbocycles. The maximum absolute atomic E-state index is 13.4. The van der Waals surface area contributed by atoms with E-state index < -0.39 is 0 Å². The van der Waals surface area contributed by atoms with E-state index in [0.717, 1.165) is 37.7 Å². The molecule has 160 valence electrons. The lowest BCUT2D eigenvalue weighted by Gasteiger charge is -2.38. The van der Waals surface area contributed by atoms with Gasteiger partial charge in [-0.15, -0.1) is 0 Å². The third-order valence-corrected chi connectivity index (χ3v) is 6.89. The zero-order valence-corrected chi connectivity index (χ0v) is 18.1. The van der Waals surface area contributed by atoms with Crippen LogP contribution < -0.4 is 0 Å². The molecule has 6 nitrogen and oxygen atoms in total. The van der Waals surface area contributed by atoms with Gasteiger partial charge in [-0.25, -0.2) is 9.97 Å². The minimum atomic E-state index is 0.0346. The van der Waals surface area contributed by atoms with Crippen LogP contribution in [-0.2, 0) is 4.74 Å². The van der Waals surface area contributed by atoms with Crippen LogP contribution in [0.4, 0.5) is 0 Å². The molecule has 3 aliphatic rings. The van der Waals surface area contributed by atoms with Crippen LogP contribution in [0.2, 0.25) is 0 Å². The van der Waals surface area contributed by atoms with E-state index in [-0.39, 0.29) is 12.0 Å². The van der Waals surface area contributed by atoms with Crippen molar-refractivity contribution in [1.29, 1.82) is 0 Å². The second-order valence-electron chi connectivity index (χ2n) is 9.20. The van der Waals surface area contributed by atoms with Gasteiger partial charge in [0, 0.05) is 31.4 Å². The fourth-order valence-corrected chi connectivity index (χ4v) is 5.34. The summed E-state index contributed by atoms with van der Waals surface area (Å²) in [4.78, 5) is 26.8. The largest absolute Gasteiger partial charge is 0.376 e. The standard InChI is InChI=1S/C23H36N4O2/c1-17-14-22(25-18(2)24-17)23(28)27(16-21-8-5-13-29-21)15-19-9-11-26(12-10-19)20-6-3-4-7-20/h14,19-21H,3-13,15-16H2,1-2H3. The summed E-state index contributed by atoms with van der Waals surface area (Å²) in [5.74, 6) is 1.27. The first-order valence-electron chi connectivity index (χ1n) is 11.6. The fraction of sp³-hybridized carbons (Fsp3) is 0.783. The first-order valence-corrected chi connectivity index (χ1v) is 11.6. The van der Waals surface area contributed by atoms with Crippen LogP contribution in [0.15, 0.2) is 6.07 Å². The number of hydrogen-bond donors (Lipinski definition) is 0. The quantitative estimate of drug-likeness (QED) is 0.733. The Bertz CT molecular complexity index is 670. The molecule has 0 radical (unpaired) electrons. The molecule has 29 heavy (non-hydrogen) atoms. The summed E-state index contributed by atoms with van der Waals surface area (Å²) in [5, 5.41) is 0. The van der Waals surface area contributed by atoms with Crippen molar-refractivity contribution in [1.82, 2.24) is 19.8 Å². The molecule has 1 aliphatic carbocycles. The second kappa shape index (κ2) is 9.52. The summed E-state index contributed by atoms with van der Waals surface area (Å²) >= 11 is 0. The highest BCUT2D eigenvalue weighted by Gasteiger charge is 2.31. The number of carbonyl (C=O) groups excluding carboxylic acids is 1. The van der Waals surface area contributed by atoms with Crippen molar-refractivity contribution in [2.75, 3.05) is 32.8 Å². The minimum Gasteiger partial charge on any atom is -0.376 e. The Morgan fingerprint density at radius 3 is 2.48 bits per heavy atom. The smallest absolute Gasteiger partial charge is 0.272 e. The van der Waals surface area contributed by atoms with E-state index in [1.807, 2.05) is 24.8 Å². The Hall–Kier alpha value is -1.53. The molecule has 4 rings (SSSR count). The predicted molar refractivity (Wildman–Crippen MR) is 113 cm³/mol. The molecule has 2 saturated heterocycles. The number of aryl methyl sites for hydroxylation is 2. The average molecular weight is 401 g/mol. The predicted octanol–water partition coefficient (Wildman–Crippen LogP) is 3.37. The first kappa shape index (κ1) is 20.7. The Kier molecular flexibility index (Phi) is 6.81. The topological polar surface area (TPSA) is 58.6 Å². The molecule has 1 aromatic rings. The van der Waals surface area contributed by atoms with Gasteiger partial charge in [0.25, 0.3) is 5.91 Å². The van der Waals surface area contributed by atoms with E-state index in [1.54, 1.807) is 0 Å². The lowest BCUT2D eigenvalue weighted by Crippen LogP contribution is -2.45. The summed E-state index contributed by atoms with van der Waals surface area (Å²) in [6.07, 6.45) is 10.2. The molecule has 2 aliphatic heterocycles. The maximum Gasteiger partial charge on any atom is 0.272 e. The second-order valence-corrected chi connectivity index (χ2v) is 9.20. The molecule has 1 atom stereocenters. The summed E-state index contributed by atoms with van der Waals surface area (Å²) in [5.41, 5.74) is 1.37. The summed E-state index contributed by atoms with van der Waals surface area (Å²) in [7, 11) is 0. The number of amides is 1. The van der Waals surface area contributed by atoms with Gasteiger partial charge < -0.3 is 14.5 Å². The van der Waals surface area contributed by atoms with Crippen LogP contribution in [-0.4, -0.2) is 70.6 Å². The minimum absolute atomic E-state index is 0.0346. The lowest BCUT2D eigenvalue weighted by atomic mass is 9.94. The van der Waals surface area contributed by atoms with Gasteiger partial charge in [-0.2, -0.15) is 0 Å². The molecule has 0 spiro atoms. The molecule has 3 fully saturated rings. The van der Waals surface area contributed by atoms with Crippen molar-refractivity contribution in [3.05, 3.63) is 23.3 Å². The molecule has 0 N–H and O–H groups in total. The number of nitrogens with zero attached hydrogens (tertiary/aromatic N) is 4. The normalized spacial score (nSPS) is 24.3. The zero-order valence-electron chi connectivity index (χ0n) is 18.1. The van der Waals surface area contributed by atoms with Crippen LogP contribution in [0, 0.1) is 19.8 Å². The molecular weight excluding hydrogens is 364 g/mol. The fourth-order valence-electron chi connectivity index (χ4n) is 5.34. The van der Waals surface area contributed by atoms with Gasteiger partial charge in [-0.3, -0.25) is 4.79 Å². The van der Waals surface area contributed by atoms with Crippen molar-refractivity contribution in [3.63, 3.8) is 0 Å². The first-order chi connectivity index (χ1) is 14.1. The number of hydrogen-bond acceptors (Lipinski definition) is 5. The van der Waals surface area contributed by atoms with E-state index in [4.69, 9.17) is 4.74 Å². The van der Waals surface area contributed by atoms with Crippen LogP contribution in [0.1, 0.15) is 73.4 Å². The summed E-state index contributed by atoms with van der Waals surface area (Å²) < 4.78 is 5.86. The van der Waals surface area contributed by atoms with Crippen molar-refractivity contribution in [3.8, 4) is 0 Å². The number of rotatable bonds is 6. The van der Waals surface area contributed by atoms with Crippen molar-refractivity contribution < 1.29 is 9.53 Å². The number of ether oxygens (including phenoxy) is 1. The Morgan fingerprint density at radius 2 is 1.83 bits per heavy atom. The number of piperidine rings is 1. The number of aromatic nitrogens is 2. The SMILES string of the molecule is Cc1cc(C(=O)N(CC2CCN(C3CCCC3)CC2)CC2CCCO2)nc(C)n1. The van der Waals surface area contributed by atoms with Crippen LogP contribution in [0.5, 0.6) is 0 Å². The van der Waals surface area contributed by atoms with Crippen molar-refractivity contribution in [2.24, 2.45) is 5.92 Å². The van der Waals surface area contributed by atoms with Crippen molar-refractivity contribution in [2.45, 2.75) is 77.4 Å². The van der Waals surface area contributed by atoms with E-state index >= 15 is 0 Å². The molecule has 1 aromatic heterocycles. The van der Waals surface area contributed by atoms with E-state index in [1.165, 1.54) is 51.6 Å². The molecular formula is C23H36N4O2. The zero-order chi connectivity index (χ0) is 20.2. The molecule has 1 unspecified atom stereocenters. The summed E-state index contributed by atoms with van der Waals surface area (Å²) in [6, 6.07) is 2.63. The van der Waals surface area contributed by atoms with Crippen LogP contribution in [0.25, 0.3) is 0 Å². The van der Waals surface area contributed by atoms with E-state index in [2.05, 4.69) is 14.9 Å². The van der Waals surface area contributed by atoms with E-state index in [9.17, 15) is 4.79 Å². The monoisotopic (exact) mass is 400 g/mol. The third kappa shape index (κ3) is 5.34. The molecule has 6 heteroatoms. The molecule has 3 heterocycles. The summed E-state index contributed by atoms with van der Waals surface area (Å²) in [6.45, 7) is 8.47. The number of likely N-dealkylation sites (tertiary alicyclic amines) is 1. The van der Waals surface area contributed by atoms with Crippen LogP contribution in [0.3, 0.4) is 0 Å². The molecule has 1 amide bonds. The van der Waals surface area contributed by atoms with Gasteiger partial charge in [0.2, 0.25) is 0 Å². The van der Waals surface area contributed by atoms with Gasteiger partial charge in [-0.1, -0.05) is 12.8 Å². The lowest BCUT2D eigenvalue weighted by molar-refractivity contribution is 0.0425. The Balaban J connectivity index is 1.40. The third-order valence-electron chi connectivity index (χ3n) is 6.89. The highest BCUT2D eigenvalue weighted by Crippen LogP contribution is 2.28. The number of carbonyl (C=O) groups is 1. The average Bonchev–Trinajstić information content (AvgIpc) is 3.41. The Labute approximate surface area is 175 Å². The highest BCUT2D eigenvalue weighted by molar-refractivity contribution is 5.92. The van der Waals surface area contributed by atoms with Crippen molar-refractivity contribution >= 4 is 5.91 Å². The van der Waals surface area contributed by atoms with Gasteiger partial charge in [0.15, 0.2) is 0 Å². The Morgan fingerprint density at radius 1 is 1.07 bits per heavy atom. The van der Waals surface area contributed by atoms with Gasteiger partial charge >= 0.3 is 0 Å². The maximum atomic E-state index is 13.4. The van der Waals surface area contributed by atoms with Crippen LogP contribution >= 0.6 is 0 Å². The molecule has 0 bridgehead atoms. The van der Waals surface area contributed by atoms with E-state index in [0.29, 0.717) is 24.0 Å². The van der Waals surface area contributed by atoms with Gasteiger partial charge in [0.1, 0.15) is 11.5 Å². The van der Waals surface area contributed by atoms with Gasteiger partial charge in [0.05, 0.1) is 6.10 Å². The molecule has 1 saturated carbocycles.